The monoisotopic (exact) mass is 769 g/mol. The first-order valence-corrected chi connectivity index (χ1v) is 21.1. The molecule has 55 heavy (non-hydrogen) atoms. The maximum Gasteiger partial charge on any atom is 0.362 e. The zero-order chi connectivity index (χ0) is 40.7. The molecule has 0 saturated heterocycles. The smallest absolute Gasteiger partial charge is 0.362 e. The van der Waals surface area contributed by atoms with Crippen LogP contribution in [0.2, 0.25) is 0 Å². The highest BCUT2D eigenvalue weighted by Crippen LogP contribution is 2.12. The van der Waals surface area contributed by atoms with Gasteiger partial charge in [0.05, 0.1) is 34.4 Å². The Morgan fingerprint density at radius 3 is 1.58 bits per heavy atom. The Balaban J connectivity index is 4.53. The summed E-state index contributed by atoms with van der Waals surface area (Å²) in [4.78, 5) is 36.9. The standard InChI is InChI=1S/C47H77NO7/c1-6-8-10-12-14-16-18-20-21-22-23-24-25-26-28-30-32-34-36-38-46(50)55-43(41-53-40-39-44(47(51)52)48(3,4)5)42-54-45(49)37-35-33-31-29-27-19-17-15-13-11-9-7-2/h8,10,14-17,20-21,23-24,26,28,32,34,43-44H,6-7,9,11-13,18-19,22,25,27,29-31,33,35-42H2,1-5H3/p+1/b10-8-,16-14-,17-15-,21-20-,24-23-,28-26-,34-32-. The van der Waals surface area contributed by atoms with E-state index in [1.807, 2.05) is 33.3 Å². The van der Waals surface area contributed by atoms with Crippen molar-refractivity contribution in [1.82, 2.24) is 0 Å². The van der Waals surface area contributed by atoms with E-state index in [4.69, 9.17) is 14.2 Å². The number of ether oxygens (including phenoxy) is 3. The van der Waals surface area contributed by atoms with Crippen molar-refractivity contribution < 1.29 is 38.2 Å². The number of unbranched alkanes of at least 4 members (excludes halogenated alkanes) is 8. The second-order valence-electron chi connectivity index (χ2n) is 14.9. The van der Waals surface area contributed by atoms with E-state index in [-0.39, 0.29) is 36.7 Å². The Morgan fingerprint density at radius 2 is 1.05 bits per heavy atom. The van der Waals surface area contributed by atoms with E-state index >= 15 is 0 Å². The quantitative estimate of drug-likeness (QED) is 0.0293. The van der Waals surface area contributed by atoms with Gasteiger partial charge in [-0.3, -0.25) is 9.59 Å². The van der Waals surface area contributed by atoms with Crippen LogP contribution in [0.4, 0.5) is 0 Å². The van der Waals surface area contributed by atoms with Crippen molar-refractivity contribution in [2.75, 3.05) is 41.0 Å². The third-order valence-corrected chi connectivity index (χ3v) is 8.79. The summed E-state index contributed by atoms with van der Waals surface area (Å²) in [5.41, 5.74) is 0. The number of rotatable bonds is 36. The van der Waals surface area contributed by atoms with Crippen LogP contribution >= 0.6 is 0 Å². The van der Waals surface area contributed by atoms with E-state index in [0.717, 1.165) is 70.6 Å². The molecular formula is C47H78NO7+. The normalized spacial score (nSPS) is 13.8. The molecule has 0 aliphatic carbocycles. The Labute approximate surface area is 335 Å². The number of aliphatic carboxylic acids is 1. The molecule has 0 fully saturated rings. The largest absolute Gasteiger partial charge is 0.477 e. The lowest BCUT2D eigenvalue weighted by molar-refractivity contribution is -0.887. The molecule has 0 bridgehead atoms. The third kappa shape index (κ3) is 35.9. The van der Waals surface area contributed by atoms with Crippen LogP contribution in [0.25, 0.3) is 0 Å². The van der Waals surface area contributed by atoms with Crippen molar-refractivity contribution in [3.8, 4) is 0 Å². The highest BCUT2D eigenvalue weighted by molar-refractivity contribution is 5.72. The summed E-state index contributed by atoms with van der Waals surface area (Å²) in [6.45, 7) is 4.48. The summed E-state index contributed by atoms with van der Waals surface area (Å²) in [5.74, 6) is -1.60. The fourth-order valence-electron chi connectivity index (χ4n) is 5.52. The third-order valence-electron chi connectivity index (χ3n) is 8.79. The van der Waals surface area contributed by atoms with Gasteiger partial charge in [-0.1, -0.05) is 131 Å². The Hall–Kier alpha value is -3.49. The highest BCUT2D eigenvalue weighted by atomic mass is 16.6. The number of allylic oxidation sites excluding steroid dienone is 14. The van der Waals surface area contributed by atoms with Crippen LogP contribution in [0.15, 0.2) is 85.1 Å². The Bertz CT molecular complexity index is 1170. The van der Waals surface area contributed by atoms with Gasteiger partial charge in [0, 0.05) is 19.3 Å². The molecule has 2 unspecified atom stereocenters. The minimum Gasteiger partial charge on any atom is -0.477 e. The molecule has 0 radical (unpaired) electrons. The van der Waals surface area contributed by atoms with Crippen molar-refractivity contribution in [2.45, 2.75) is 154 Å². The summed E-state index contributed by atoms with van der Waals surface area (Å²) in [6, 6.07) is -0.632. The van der Waals surface area contributed by atoms with Gasteiger partial charge in [0.1, 0.15) is 6.61 Å². The lowest BCUT2D eigenvalue weighted by Crippen LogP contribution is -2.50. The van der Waals surface area contributed by atoms with Crippen molar-refractivity contribution in [1.29, 1.82) is 0 Å². The van der Waals surface area contributed by atoms with Gasteiger partial charge in [0.2, 0.25) is 0 Å². The van der Waals surface area contributed by atoms with Gasteiger partial charge in [0.25, 0.3) is 0 Å². The minimum absolute atomic E-state index is 0.0233. The number of likely N-dealkylation sites (N-methyl/N-ethyl adjacent to an activating group) is 1. The van der Waals surface area contributed by atoms with Gasteiger partial charge in [0.15, 0.2) is 12.1 Å². The lowest BCUT2D eigenvalue weighted by Gasteiger charge is -2.31. The van der Waals surface area contributed by atoms with E-state index < -0.39 is 24.1 Å². The lowest BCUT2D eigenvalue weighted by atomic mass is 10.1. The molecule has 0 aromatic carbocycles. The zero-order valence-electron chi connectivity index (χ0n) is 35.3. The van der Waals surface area contributed by atoms with E-state index in [1.54, 1.807) is 0 Å². The molecule has 0 heterocycles. The Kier molecular flexibility index (Phi) is 35.1. The van der Waals surface area contributed by atoms with Gasteiger partial charge in [-0.15, -0.1) is 0 Å². The fraction of sp³-hybridized carbons (Fsp3) is 0.638. The summed E-state index contributed by atoms with van der Waals surface area (Å²) in [7, 11) is 5.48. The topological polar surface area (TPSA) is 99.1 Å². The number of hydrogen-bond donors (Lipinski definition) is 1. The molecular weight excluding hydrogens is 691 g/mol. The molecule has 8 heteroatoms. The molecule has 312 valence electrons. The number of quaternary nitrogens is 1. The predicted octanol–water partition coefficient (Wildman–Crippen LogP) is 11.4. The van der Waals surface area contributed by atoms with Crippen LogP contribution in [-0.4, -0.2) is 80.6 Å². The van der Waals surface area contributed by atoms with Crippen molar-refractivity contribution in [2.24, 2.45) is 0 Å². The van der Waals surface area contributed by atoms with E-state index in [0.29, 0.717) is 19.3 Å². The van der Waals surface area contributed by atoms with E-state index in [9.17, 15) is 19.5 Å². The van der Waals surface area contributed by atoms with Crippen LogP contribution in [-0.2, 0) is 28.6 Å². The first-order valence-electron chi connectivity index (χ1n) is 21.1. The molecule has 0 aliphatic rings. The van der Waals surface area contributed by atoms with Gasteiger partial charge >= 0.3 is 17.9 Å². The average molecular weight is 769 g/mol. The predicted molar refractivity (Wildman–Crippen MR) is 229 cm³/mol. The Morgan fingerprint density at radius 1 is 0.564 bits per heavy atom. The van der Waals surface area contributed by atoms with Crippen LogP contribution in [0.1, 0.15) is 142 Å². The first-order chi connectivity index (χ1) is 26.6. The van der Waals surface area contributed by atoms with Crippen LogP contribution in [0.3, 0.4) is 0 Å². The number of carboxylic acid groups (broad SMARTS) is 1. The summed E-state index contributed by atoms with van der Waals surface area (Å²) >= 11 is 0. The van der Waals surface area contributed by atoms with E-state index in [2.05, 4.69) is 86.8 Å². The van der Waals surface area contributed by atoms with Gasteiger partial charge in [-0.2, -0.15) is 0 Å². The highest BCUT2D eigenvalue weighted by Gasteiger charge is 2.31. The summed E-state index contributed by atoms with van der Waals surface area (Å²) < 4.78 is 17.1. The average Bonchev–Trinajstić information content (AvgIpc) is 3.14. The van der Waals surface area contributed by atoms with Gasteiger partial charge in [-0.25, -0.2) is 4.79 Å². The number of hydrogen-bond acceptors (Lipinski definition) is 6. The zero-order valence-corrected chi connectivity index (χ0v) is 35.3. The number of carbonyl (C=O) groups is 3. The fourth-order valence-corrected chi connectivity index (χ4v) is 5.52. The molecule has 0 aromatic rings. The van der Waals surface area contributed by atoms with Crippen molar-refractivity contribution in [3.63, 3.8) is 0 Å². The van der Waals surface area contributed by atoms with Crippen LogP contribution in [0, 0.1) is 0 Å². The number of nitrogens with zero attached hydrogens (tertiary/aromatic N) is 1. The number of carbonyl (C=O) groups excluding carboxylic acids is 2. The maximum atomic E-state index is 12.7. The molecule has 0 rings (SSSR count). The molecule has 0 aliphatic heterocycles. The molecule has 0 saturated carbocycles. The summed E-state index contributed by atoms with van der Waals surface area (Å²) in [6.07, 6.45) is 47.8. The maximum absolute atomic E-state index is 12.7. The molecule has 8 nitrogen and oxygen atoms in total. The van der Waals surface area contributed by atoms with Crippen LogP contribution < -0.4 is 0 Å². The number of carboxylic acids is 1. The van der Waals surface area contributed by atoms with Gasteiger partial charge in [-0.05, 0) is 77.0 Å². The molecule has 1 N–H and O–H groups in total. The second kappa shape index (κ2) is 37.4. The SMILES string of the molecule is CC/C=C\C/C=C\C/C=C\C/C=C\C/C=C\C/C=C\CCC(=O)OC(COCCC(C(=O)O)[N+](C)(C)C)COC(=O)CCCCCCC/C=C\CCCCC. The molecule has 0 aromatic heterocycles. The molecule has 0 amide bonds. The molecule has 2 atom stereocenters. The molecule has 0 spiro atoms. The van der Waals surface area contributed by atoms with Crippen LogP contribution in [0.5, 0.6) is 0 Å². The minimum atomic E-state index is -0.892. The van der Waals surface area contributed by atoms with Crippen molar-refractivity contribution in [3.05, 3.63) is 85.1 Å². The summed E-state index contributed by atoms with van der Waals surface area (Å²) in [5, 5.41) is 9.60. The second-order valence-corrected chi connectivity index (χ2v) is 14.9. The number of esters is 2. The van der Waals surface area contributed by atoms with Crippen molar-refractivity contribution >= 4 is 17.9 Å². The van der Waals surface area contributed by atoms with E-state index in [1.165, 1.54) is 32.1 Å². The first kappa shape index (κ1) is 51.5. The van der Waals surface area contributed by atoms with Gasteiger partial charge < -0.3 is 23.8 Å².